The fourth-order valence-electron chi connectivity index (χ4n) is 2.78. The third kappa shape index (κ3) is 6.59. The summed E-state index contributed by atoms with van der Waals surface area (Å²) < 4.78 is 22.1. The van der Waals surface area contributed by atoms with Gasteiger partial charge in [-0.05, 0) is 44.5 Å². The summed E-state index contributed by atoms with van der Waals surface area (Å²) in [4.78, 5) is 2.49. The van der Waals surface area contributed by atoms with Crippen molar-refractivity contribution in [1.29, 1.82) is 0 Å². The normalized spacial score (nSPS) is 18.0. The van der Waals surface area contributed by atoms with Crippen LogP contribution in [0.25, 0.3) is 0 Å². The van der Waals surface area contributed by atoms with Gasteiger partial charge in [-0.3, -0.25) is 4.90 Å². The van der Waals surface area contributed by atoms with E-state index in [1.165, 1.54) is 11.8 Å². The summed E-state index contributed by atoms with van der Waals surface area (Å²) in [6.45, 7) is 4.05. The Bertz CT molecular complexity index is 508. The van der Waals surface area contributed by atoms with E-state index < -0.39 is 9.84 Å². The topological polar surface area (TPSA) is 49.4 Å². The zero-order valence-electron chi connectivity index (χ0n) is 12.8. The standard InChI is InChI=1S/C16H26N2O2S/c1-21(19,20)13-5-10-17-16-8-11-18(12-9-16)14-15-6-3-2-4-7-15/h2-4,6-7,16-17H,5,8-14H2,1H3. The molecule has 1 aromatic rings. The summed E-state index contributed by atoms with van der Waals surface area (Å²) in [5.74, 6) is 0.285. The highest BCUT2D eigenvalue weighted by Crippen LogP contribution is 2.13. The van der Waals surface area contributed by atoms with Crippen LogP contribution < -0.4 is 5.32 Å². The smallest absolute Gasteiger partial charge is 0.147 e. The second-order valence-corrected chi connectivity index (χ2v) is 8.23. The van der Waals surface area contributed by atoms with Gasteiger partial charge in [0.05, 0.1) is 5.75 Å². The van der Waals surface area contributed by atoms with E-state index in [9.17, 15) is 8.42 Å². The van der Waals surface area contributed by atoms with E-state index in [1.807, 2.05) is 0 Å². The molecule has 0 bridgehead atoms. The number of hydrogen-bond donors (Lipinski definition) is 1. The van der Waals surface area contributed by atoms with Crippen LogP contribution in [0.15, 0.2) is 30.3 Å². The number of rotatable bonds is 7. The molecule has 2 rings (SSSR count). The van der Waals surface area contributed by atoms with Gasteiger partial charge >= 0.3 is 0 Å². The van der Waals surface area contributed by atoms with Crippen molar-refractivity contribution in [3.05, 3.63) is 35.9 Å². The predicted octanol–water partition coefficient (Wildman–Crippen LogP) is 1.68. The lowest BCUT2D eigenvalue weighted by Gasteiger charge is -2.32. The van der Waals surface area contributed by atoms with Crippen LogP contribution in [0.2, 0.25) is 0 Å². The first-order valence-electron chi connectivity index (χ1n) is 7.70. The van der Waals surface area contributed by atoms with Gasteiger partial charge in [-0.2, -0.15) is 0 Å². The number of benzene rings is 1. The maximum absolute atomic E-state index is 11.1. The van der Waals surface area contributed by atoms with Crippen LogP contribution in [-0.2, 0) is 16.4 Å². The third-order valence-electron chi connectivity index (χ3n) is 3.96. The molecule has 118 valence electrons. The van der Waals surface area contributed by atoms with Crippen molar-refractivity contribution in [2.45, 2.75) is 31.8 Å². The van der Waals surface area contributed by atoms with Crippen molar-refractivity contribution in [2.75, 3.05) is 31.6 Å². The van der Waals surface area contributed by atoms with Crippen molar-refractivity contribution in [3.63, 3.8) is 0 Å². The first-order valence-corrected chi connectivity index (χ1v) is 9.76. The van der Waals surface area contributed by atoms with Gasteiger partial charge in [0.2, 0.25) is 0 Å². The summed E-state index contributed by atoms with van der Waals surface area (Å²) in [7, 11) is -2.82. The van der Waals surface area contributed by atoms with Crippen LogP contribution in [0.4, 0.5) is 0 Å². The molecule has 0 saturated carbocycles. The number of nitrogens with zero attached hydrogens (tertiary/aromatic N) is 1. The van der Waals surface area contributed by atoms with Gasteiger partial charge in [-0.25, -0.2) is 8.42 Å². The Morgan fingerprint density at radius 1 is 1.19 bits per heavy atom. The number of hydrogen-bond acceptors (Lipinski definition) is 4. The molecule has 1 aromatic carbocycles. The Hall–Kier alpha value is -0.910. The van der Waals surface area contributed by atoms with Crippen LogP contribution in [0, 0.1) is 0 Å². The second kappa shape index (κ2) is 7.92. The van der Waals surface area contributed by atoms with Gasteiger partial charge in [0.15, 0.2) is 0 Å². The van der Waals surface area contributed by atoms with Crippen molar-refractivity contribution < 1.29 is 8.42 Å². The van der Waals surface area contributed by atoms with Crippen molar-refractivity contribution >= 4 is 9.84 Å². The third-order valence-corrected chi connectivity index (χ3v) is 4.99. The molecular weight excluding hydrogens is 284 g/mol. The molecule has 0 spiro atoms. The molecule has 4 nitrogen and oxygen atoms in total. The highest BCUT2D eigenvalue weighted by Gasteiger charge is 2.18. The van der Waals surface area contributed by atoms with Crippen LogP contribution in [-0.4, -0.2) is 51.0 Å². The average molecular weight is 310 g/mol. The Balaban J connectivity index is 1.62. The number of piperidine rings is 1. The average Bonchev–Trinajstić information content (AvgIpc) is 2.45. The summed E-state index contributed by atoms with van der Waals surface area (Å²) >= 11 is 0. The molecule has 0 unspecified atom stereocenters. The second-order valence-electron chi connectivity index (χ2n) is 5.97. The zero-order valence-corrected chi connectivity index (χ0v) is 13.6. The lowest BCUT2D eigenvalue weighted by Crippen LogP contribution is -2.42. The molecule has 5 heteroatoms. The van der Waals surface area contributed by atoms with E-state index in [1.54, 1.807) is 0 Å². The van der Waals surface area contributed by atoms with Crippen LogP contribution in [0.3, 0.4) is 0 Å². The fraction of sp³-hybridized carbons (Fsp3) is 0.625. The van der Waals surface area contributed by atoms with Gasteiger partial charge < -0.3 is 5.32 Å². The number of sulfone groups is 1. The minimum absolute atomic E-state index is 0.285. The van der Waals surface area contributed by atoms with E-state index >= 15 is 0 Å². The van der Waals surface area contributed by atoms with Gasteiger partial charge in [0, 0.05) is 18.8 Å². The molecule has 0 aromatic heterocycles. The van der Waals surface area contributed by atoms with E-state index in [4.69, 9.17) is 0 Å². The highest BCUT2D eigenvalue weighted by atomic mass is 32.2. The number of nitrogens with one attached hydrogen (secondary N) is 1. The van der Waals surface area contributed by atoms with E-state index in [0.717, 1.165) is 39.0 Å². The Labute approximate surface area is 128 Å². The monoisotopic (exact) mass is 310 g/mol. The van der Waals surface area contributed by atoms with Crippen LogP contribution >= 0.6 is 0 Å². The molecule has 0 aliphatic carbocycles. The minimum atomic E-state index is -2.82. The lowest BCUT2D eigenvalue weighted by molar-refractivity contribution is 0.191. The highest BCUT2D eigenvalue weighted by molar-refractivity contribution is 7.90. The van der Waals surface area contributed by atoms with E-state index in [-0.39, 0.29) is 5.75 Å². The first kappa shape index (κ1) is 16.5. The summed E-state index contributed by atoms with van der Waals surface area (Å²) in [5, 5.41) is 3.49. The maximum Gasteiger partial charge on any atom is 0.147 e. The van der Waals surface area contributed by atoms with E-state index in [2.05, 4.69) is 40.5 Å². The molecule has 0 atom stereocenters. The summed E-state index contributed by atoms with van der Waals surface area (Å²) in [6, 6.07) is 11.1. The zero-order chi connectivity index (χ0) is 15.1. The van der Waals surface area contributed by atoms with E-state index in [0.29, 0.717) is 12.5 Å². The van der Waals surface area contributed by atoms with Gasteiger partial charge in [-0.15, -0.1) is 0 Å². The molecule has 1 saturated heterocycles. The number of likely N-dealkylation sites (tertiary alicyclic amines) is 1. The van der Waals surface area contributed by atoms with Crippen molar-refractivity contribution in [1.82, 2.24) is 10.2 Å². The Kier molecular flexibility index (Phi) is 6.21. The summed E-state index contributed by atoms with van der Waals surface area (Å²) in [5.41, 5.74) is 1.37. The minimum Gasteiger partial charge on any atom is -0.314 e. The molecule has 1 aliphatic heterocycles. The van der Waals surface area contributed by atoms with Gasteiger partial charge in [-0.1, -0.05) is 30.3 Å². The molecule has 1 heterocycles. The van der Waals surface area contributed by atoms with Crippen LogP contribution in [0.5, 0.6) is 0 Å². The SMILES string of the molecule is CS(=O)(=O)CCCNC1CCN(Cc2ccccc2)CC1. The Morgan fingerprint density at radius 3 is 2.48 bits per heavy atom. The molecule has 0 radical (unpaired) electrons. The Morgan fingerprint density at radius 2 is 1.86 bits per heavy atom. The molecule has 0 amide bonds. The van der Waals surface area contributed by atoms with Crippen molar-refractivity contribution in [3.8, 4) is 0 Å². The van der Waals surface area contributed by atoms with Gasteiger partial charge in [0.25, 0.3) is 0 Å². The molecule has 21 heavy (non-hydrogen) atoms. The van der Waals surface area contributed by atoms with Crippen molar-refractivity contribution in [2.24, 2.45) is 0 Å². The predicted molar refractivity (Wildman–Crippen MR) is 87.1 cm³/mol. The van der Waals surface area contributed by atoms with Crippen LogP contribution in [0.1, 0.15) is 24.8 Å². The summed E-state index contributed by atoms with van der Waals surface area (Å²) in [6.07, 6.45) is 4.30. The fourth-order valence-corrected chi connectivity index (χ4v) is 3.45. The molecular formula is C16H26N2O2S. The quantitative estimate of drug-likeness (QED) is 0.779. The van der Waals surface area contributed by atoms with Gasteiger partial charge in [0.1, 0.15) is 9.84 Å². The molecule has 1 fully saturated rings. The maximum atomic E-state index is 11.1. The molecule has 1 N–H and O–H groups in total. The first-order chi connectivity index (χ1) is 10.0. The largest absolute Gasteiger partial charge is 0.314 e. The lowest BCUT2D eigenvalue weighted by atomic mass is 10.0. The molecule has 1 aliphatic rings.